The molecule has 11 rings (SSSR count). The van der Waals surface area contributed by atoms with Crippen molar-refractivity contribution in [2.45, 2.75) is 58.7 Å². The summed E-state index contributed by atoms with van der Waals surface area (Å²) in [7, 11) is 1.65. The maximum absolute atomic E-state index is 12.4. The molecule has 5 aromatic carbocycles. The molecular formula is C59H62N6O9. The molecular weight excluding hydrogens is 937 g/mol. The molecule has 4 aliphatic rings. The molecule has 74 heavy (non-hydrogen) atoms. The van der Waals surface area contributed by atoms with Crippen LogP contribution in [0.15, 0.2) is 126 Å². The van der Waals surface area contributed by atoms with Gasteiger partial charge in [0.05, 0.1) is 44.9 Å². The average Bonchev–Trinajstić information content (AvgIpc) is 3.72. The number of amides is 1. The zero-order chi connectivity index (χ0) is 51.2. The summed E-state index contributed by atoms with van der Waals surface area (Å²) >= 11 is 0. The number of nitrogens with two attached hydrogens (primary N) is 1. The summed E-state index contributed by atoms with van der Waals surface area (Å²) in [5.41, 5.74) is 17.2. The highest BCUT2D eigenvalue weighted by Gasteiger charge is 2.25. The molecule has 15 heteroatoms. The Morgan fingerprint density at radius 1 is 0.689 bits per heavy atom. The van der Waals surface area contributed by atoms with Crippen molar-refractivity contribution in [3.05, 3.63) is 159 Å². The van der Waals surface area contributed by atoms with E-state index in [4.69, 9.17) is 43.9 Å². The van der Waals surface area contributed by atoms with Crippen molar-refractivity contribution in [2.24, 2.45) is 0 Å². The monoisotopic (exact) mass is 998 g/mol. The first kappa shape index (κ1) is 49.6. The van der Waals surface area contributed by atoms with Gasteiger partial charge in [-0.25, -0.2) is 9.78 Å². The molecule has 1 amide bonds. The Bertz CT molecular complexity index is 3190. The first-order valence-corrected chi connectivity index (χ1v) is 25.2. The van der Waals surface area contributed by atoms with Gasteiger partial charge in [0.1, 0.15) is 41.0 Å². The van der Waals surface area contributed by atoms with Crippen LogP contribution < -0.4 is 45.4 Å². The van der Waals surface area contributed by atoms with E-state index in [1.807, 2.05) is 118 Å². The maximum atomic E-state index is 12.4. The summed E-state index contributed by atoms with van der Waals surface area (Å²) in [4.78, 5) is 37.2. The lowest BCUT2D eigenvalue weighted by atomic mass is 10.0. The minimum absolute atomic E-state index is 0.122. The Balaban J connectivity index is 0.000000185. The number of nitrogens with one attached hydrogen (secondary N) is 2. The van der Waals surface area contributed by atoms with E-state index in [2.05, 4.69) is 38.3 Å². The fourth-order valence-electron chi connectivity index (χ4n) is 9.51. The minimum Gasteiger partial charge on any atom is -0.497 e. The number of aryl methyl sites for hydroxylation is 4. The van der Waals surface area contributed by atoms with Gasteiger partial charge in [0, 0.05) is 72.2 Å². The van der Waals surface area contributed by atoms with Crippen LogP contribution >= 0.6 is 0 Å². The van der Waals surface area contributed by atoms with E-state index < -0.39 is 11.7 Å². The molecule has 0 radical (unpaired) electrons. The van der Waals surface area contributed by atoms with Gasteiger partial charge in [-0.1, -0.05) is 36.4 Å². The molecule has 4 N–H and O–H groups in total. The summed E-state index contributed by atoms with van der Waals surface area (Å²) in [5.74, 6) is 4.47. The number of benzene rings is 5. The van der Waals surface area contributed by atoms with Crippen LogP contribution in [0, 0.1) is 0 Å². The Morgan fingerprint density at radius 2 is 1.28 bits per heavy atom. The second-order valence-corrected chi connectivity index (χ2v) is 19.6. The van der Waals surface area contributed by atoms with Crippen molar-refractivity contribution < 1.29 is 38.0 Å². The normalized spacial score (nSPS) is 14.9. The van der Waals surface area contributed by atoms with E-state index >= 15 is 0 Å². The number of anilines is 4. The quantitative estimate of drug-likeness (QED) is 0.117. The van der Waals surface area contributed by atoms with Crippen molar-refractivity contribution in [2.75, 3.05) is 80.6 Å². The lowest BCUT2D eigenvalue weighted by molar-refractivity contribution is 0.0636. The lowest BCUT2D eigenvalue weighted by Crippen LogP contribution is -2.36. The van der Waals surface area contributed by atoms with E-state index in [9.17, 15) is 9.59 Å². The average molecular weight is 999 g/mol. The number of pyridine rings is 2. The minimum atomic E-state index is -0.579. The van der Waals surface area contributed by atoms with Gasteiger partial charge >= 0.3 is 6.09 Å². The number of methoxy groups -OCH3 is 1. The van der Waals surface area contributed by atoms with Gasteiger partial charge in [0.25, 0.3) is 0 Å². The number of carbonyl (C=O) groups is 1. The summed E-state index contributed by atoms with van der Waals surface area (Å²) < 4.78 is 41.0. The number of ether oxygens (including phenoxy) is 7. The van der Waals surface area contributed by atoms with Crippen LogP contribution in [0.25, 0.3) is 22.5 Å². The van der Waals surface area contributed by atoms with Crippen molar-refractivity contribution in [1.29, 1.82) is 0 Å². The standard InChI is InChI=1S/C36H39N3O6.C23H23N3O3/c1-36(2,3)45-35(40)37-27-12-15-32-26(20-27)11-10-25-6-5-7-30(34(25)44-32)31-21-28(39-16-18-42-19-17-39)22-33(38-31)43-23-24-8-13-29(41-4)14-9-24;24-17-6-7-21-16(12-17)5-4-15-2-1-3-19(23(15)29-21)20-13-18(14-22(27)25-20)26-8-10-28-11-9-26/h5-9,12-15,20-22H,10-11,16-19,23H2,1-4H3,(H,37,40);1-3,6-7,12-14H,4-5,8-11,24H2,(H,25,27). The molecule has 4 aliphatic heterocycles. The highest BCUT2D eigenvalue weighted by molar-refractivity contribution is 5.85. The number of aromatic amines is 1. The van der Waals surface area contributed by atoms with Gasteiger partial charge in [-0.3, -0.25) is 10.1 Å². The number of H-pyrrole nitrogens is 1. The smallest absolute Gasteiger partial charge is 0.412 e. The second-order valence-electron chi connectivity index (χ2n) is 19.6. The summed E-state index contributed by atoms with van der Waals surface area (Å²) in [6, 6.07) is 39.3. The van der Waals surface area contributed by atoms with E-state index in [-0.39, 0.29) is 5.56 Å². The molecule has 0 bridgehead atoms. The summed E-state index contributed by atoms with van der Waals surface area (Å²) in [5, 5.41) is 2.84. The molecule has 2 fully saturated rings. The highest BCUT2D eigenvalue weighted by atomic mass is 16.6. The largest absolute Gasteiger partial charge is 0.497 e. The number of rotatable bonds is 9. The van der Waals surface area contributed by atoms with E-state index in [0.717, 1.165) is 148 Å². The first-order valence-electron chi connectivity index (χ1n) is 25.2. The fraction of sp³-hybridized carbons (Fsp3) is 0.305. The number of para-hydroxylation sites is 2. The van der Waals surface area contributed by atoms with Gasteiger partial charge < -0.3 is 53.7 Å². The van der Waals surface area contributed by atoms with Gasteiger partial charge in [0.2, 0.25) is 11.4 Å². The van der Waals surface area contributed by atoms with Crippen molar-refractivity contribution in [3.8, 4) is 57.1 Å². The van der Waals surface area contributed by atoms with Crippen molar-refractivity contribution in [3.63, 3.8) is 0 Å². The molecule has 0 saturated carbocycles. The number of nitrogens with zero attached hydrogens (tertiary/aromatic N) is 3. The fourth-order valence-corrected chi connectivity index (χ4v) is 9.51. The predicted molar refractivity (Wildman–Crippen MR) is 288 cm³/mol. The van der Waals surface area contributed by atoms with Crippen LogP contribution in [0.4, 0.5) is 27.5 Å². The molecule has 0 aliphatic carbocycles. The number of carbonyl (C=O) groups excluding carboxylic acids is 1. The van der Waals surface area contributed by atoms with Gasteiger partial charge in [-0.2, -0.15) is 0 Å². The van der Waals surface area contributed by atoms with Crippen LogP contribution in [0.2, 0.25) is 0 Å². The topological polar surface area (TPSA) is 172 Å². The Labute approximate surface area is 431 Å². The Kier molecular flexibility index (Phi) is 14.7. The third-order valence-corrected chi connectivity index (χ3v) is 13.2. The zero-order valence-corrected chi connectivity index (χ0v) is 42.3. The molecule has 0 spiro atoms. The molecule has 0 atom stereocenters. The highest BCUT2D eigenvalue weighted by Crippen LogP contribution is 2.44. The van der Waals surface area contributed by atoms with Crippen LogP contribution in [0.5, 0.6) is 34.6 Å². The third-order valence-electron chi connectivity index (χ3n) is 13.2. The van der Waals surface area contributed by atoms with Crippen LogP contribution in [0.3, 0.4) is 0 Å². The van der Waals surface area contributed by atoms with E-state index in [1.165, 1.54) is 0 Å². The third kappa shape index (κ3) is 11.9. The number of fused-ring (bicyclic) bond motifs is 4. The number of nitrogen functional groups attached to an aromatic ring is 1. The van der Waals surface area contributed by atoms with Gasteiger partial charge in [-0.05, 0) is 147 Å². The van der Waals surface area contributed by atoms with Crippen LogP contribution in [-0.2, 0) is 46.5 Å². The summed E-state index contributed by atoms with van der Waals surface area (Å²) in [6.45, 7) is 11.7. The molecule has 2 aromatic heterocycles. The van der Waals surface area contributed by atoms with Crippen molar-refractivity contribution in [1.82, 2.24) is 9.97 Å². The van der Waals surface area contributed by atoms with Gasteiger partial charge in [0.15, 0.2) is 0 Å². The molecule has 2 saturated heterocycles. The van der Waals surface area contributed by atoms with Crippen LogP contribution in [0.1, 0.15) is 48.6 Å². The predicted octanol–water partition coefficient (Wildman–Crippen LogP) is 10.8. The lowest BCUT2D eigenvalue weighted by Gasteiger charge is -2.29. The van der Waals surface area contributed by atoms with Gasteiger partial charge in [-0.15, -0.1) is 0 Å². The van der Waals surface area contributed by atoms with E-state index in [0.29, 0.717) is 44.6 Å². The maximum Gasteiger partial charge on any atom is 0.412 e. The number of aromatic nitrogens is 2. The number of hydrogen-bond donors (Lipinski definition) is 3. The Hall–Kier alpha value is -8.01. The van der Waals surface area contributed by atoms with Crippen LogP contribution in [-0.4, -0.2) is 81.4 Å². The molecule has 6 heterocycles. The molecule has 0 unspecified atom stereocenters. The zero-order valence-electron chi connectivity index (χ0n) is 42.3. The molecule has 7 aromatic rings. The molecule has 15 nitrogen and oxygen atoms in total. The summed E-state index contributed by atoms with van der Waals surface area (Å²) in [6.07, 6.45) is 2.76. The second kappa shape index (κ2) is 22.0. The first-order chi connectivity index (χ1) is 35.9. The van der Waals surface area contributed by atoms with Crippen molar-refractivity contribution >= 4 is 28.8 Å². The molecule has 382 valence electrons. The Morgan fingerprint density at radius 3 is 1.93 bits per heavy atom. The number of hydrogen-bond acceptors (Lipinski definition) is 13. The SMILES string of the molecule is COc1ccc(COc2cc(N3CCOCC3)cc(-c3cccc4c3Oc3ccc(NC(=O)OC(C)(C)C)cc3CC4)n2)cc1.Nc1ccc2c(c1)CCc1cccc(-c3cc(N4CCOCC4)cc(=O)[nH]3)c1O2. The number of morpholine rings is 2. The van der Waals surface area contributed by atoms with E-state index in [1.54, 1.807) is 13.2 Å².